The number of hydrogen-bond acceptors (Lipinski definition) is 1. The largest absolute Gasteiger partial charge is 0.294 e. The van der Waals surface area contributed by atoms with Gasteiger partial charge in [0.05, 0.1) is 5.41 Å². The lowest BCUT2D eigenvalue weighted by Crippen LogP contribution is -2.27. The molecule has 1 fully saturated rings. The summed E-state index contributed by atoms with van der Waals surface area (Å²) in [4.78, 5) is 12.8. The van der Waals surface area contributed by atoms with Crippen LogP contribution in [0.3, 0.4) is 0 Å². The number of carbonyl (C=O) groups excluding carboxylic acids is 1. The second-order valence-corrected chi connectivity index (χ2v) is 5.61. The van der Waals surface area contributed by atoms with E-state index >= 15 is 0 Å². The smallest absolute Gasteiger partial charge is 0.169 e. The highest BCUT2D eigenvalue weighted by Gasteiger charge is 2.41. The zero-order valence-electron chi connectivity index (χ0n) is 11.7. The highest BCUT2D eigenvalue weighted by Crippen LogP contribution is 2.41. The Bertz CT molecular complexity index is 640. The maximum absolute atomic E-state index is 12.8. The van der Waals surface area contributed by atoms with Crippen LogP contribution in [0.25, 0.3) is 6.08 Å². The summed E-state index contributed by atoms with van der Waals surface area (Å²) in [5.74, 6) is 0.271. The van der Waals surface area contributed by atoms with Gasteiger partial charge in [0.15, 0.2) is 5.78 Å². The van der Waals surface area contributed by atoms with Crippen LogP contribution < -0.4 is 0 Å². The van der Waals surface area contributed by atoms with E-state index in [-0.39, 0.29) is 11.2 Å². The molecule has 0 unspecified atom stereocenters. The zero-order chi connectivity index (χ0) is 14.0. The van der Waals surface area contributed by atoms with Gasteiger partial charge in [0.25, 0.3) is 0 Å². The van der Waals surface area contributed by atoms with Gasteiger partial charge in [0.2, 0.25) is 0 Å². The van der Waals surface area contributed by atoms with Gasteiger partial charge in [0, 0.05) is 0 Å². The topological polar surface area (TPSA) is 17.1 Å². The summed E-state index contributed by atoms with van der Waals surface area (Å²) in [5, 5.41) is 0. The number of allylic oxidation sites excluding steroid dienone is 1. The molecular weight excluding hydrogens is 244 g/mol. The second-order valence-electron chi connectivity index (χ2n) is 5.61. The highest BCUT2D eigenvalue weighted by atomic mass is 16.1. The molecule has 1 nitrogen and oxygen atoms in total. The molecule has 1 atom stereocenters. The minimum atomic E-state index is -0.359. The number of Topliss-reactive ketones (excluding diaryl/α,β-unsaturated/α-hetero) is 1. The number of ketones is 1. The van der Waals surface area contributed by atoms with Crippen molar-refractivity contribution in [1.82, 2.24) is 0 Å². The average molecular weight is 262 g/mol. The first-order valence-corrected chi connectivity index (χ1v) is 7.06. The third kappa shape index (κ3) is 2.20. The molecule has 1 aliphatic carbocycles. The van der Waals surface area contributed by atoms with Crippen molar-refractivity contribution in [3.05, 3.63) is 77.4 Å². The van der Waals surface area contributed by atoms with E-state index in [9.17, 15) is 4.79 Å². The Balaban J connectivity index is 1.93. The van der Waals surface area contributed by atoms with Crippen LogP contribution in [0.2, 0.25) is 0 Å². The molecule has 0 spiro atoms. The predicted molar refractivity (Wildman–Crippen MR) is 82.5 cm³/mol. The summed E-state index contributed by atoms with van der Waals surface area (Å²) in [6.07, 6.45) is 3.80. The van der Waals surface area contributed by atoms with Gasteiger partial charge in [-0.05, 0) is 42.5 Å². The molecule has 0 heterocycles. The molecular formula is C19H18O. The van der Waals surface area contributed by atoms with Gasteiger partial charge in [-0.3, -0.25) is 4.79 Å². The van der Waals surface area contributed by atoms with E-state index in [0.717, 1.165) is 29.5 Å². The van der Waals surface area contributed by atoms with Crippen LogP contribution >= 0.6 is 0 Å². The fourth-order valence-electron chi connectivity index (χ4n) is 2.94. The van der Waals surface area contributed by atoms with Crippen molar-refractivity contribution in [3.63, 3.8) is 0 Å². The van der Waals surface area contributed by atoms with Crippen molar-refractivity contribution in [3.8, 4) is 0 Å². The fourth-order valence-corrected chi connectivity index (χ4v) is 2.94. The number of hydrogen-bond donors (Lipinski definition) is 0. The molecule has 0 aromatic heterocycles. The van der Waals surface area contributed by atoms with Crippen molar-refractivity contribution in [1.29, 1.82) is 0 Å². The normalized spacial score (nSPS) is 24.2. The molecule has 2 aromatic rings. The van der Waals surface area contributed by atoms with Crippen LogP contribution in [0.5, 0.6) is 0 Å². The van der Waals surface area contributed by atoms with Gasteiger partial charge in [-0.2, -0.15) is 0 Å². The first-order valence-electron chi connectivity index (χ1n) is 7.06. The van der Waals surface area contributed by atoms with Crippen molar-refractivity contribution >= 4 is 11.9 Å². The van der Waals surface area contributed by atoms with Crippen LogP contribution in [0, 0.1) is 0 Å². The van der Waals surface area contributed by atoms with Gasteiger partial charge >= 0.3 is 0 Å². The summed E-state index contributed by atoms with van der Waals surface area (Å²) in [5.41, 5.74) is 2.82. The van der Waals surface area contributed by atoms with Crippen LogP contribution in [0.1, 0.15) is 30.9 Å². The summed E-state index contributed by atoms with van der Waals surface area (Å²) in [6, 6.07) is 20.2. The SMILES string of the molecule is C[C@]1(c2ccccc2)CC/C(=C\c2ccccc2)C1=O. The standard InChI is InChI=1S/C19H18O/c1-19(17-10-6-3-7-11-17)13-12-16(18(19)20)14-15-8-4-2-5-9-15/h2-11,14H,12-13H2,1H3/b16-14+/t19-/m1/s1. The van der Waals surface area contributed by atoms with Gasteiger partial charge < -0.3 is 0 Å². The molecule has 20 heavy (non-hydrogen) atoms. The van der Waals surface area contributed by atoms with E-state index in [1.165, 1.54) is 0 Å². The lowest BCUT2D eigenvalue weighted by atomic mass is 9.80. The van der Waals surface area contributed by atoms with Gasteiger partial charge in [-0.15, -0.1) is 0 Å². The van der Waals surface area contributed by atoms with Crippen LogP contribution in [-0.2, 0) is 10.2 Å². The summed E-state index contributed by atoms with van der Waals surface area (Å²) >= 11 is 0. The van der Waals surface area contributed by atoms with Crippen LogP contribution in [-0.4, -0.2) is 5.78 Å². The van der Waals surface area contributed by atoms with Crippen molar-refractivity contribution in [2.24, 2.45) is 0 Å². The molecule has 0 aliphatic heterocycles. The average Bonchev–Trinajstić information content (AvgIpc) is 2.79. The number of rotatable bonds is 2. The maximum atomic E-state index is 12.8. The first-order chi connectivity index (χ1) is 9.70. The Morgan fingerprint density at radius 3 is 2.20 bits per heavy atom. The third-order valence-corrected chi connectivity index (χ3v) is 4.24. The first kappa shape index (κ1) is 12.9. The molecule has 1 aliphatic rings. The Hall–Kier alpha value is -2.15. The zero-order valence-corrected chi connectivity index (χ0v) is 11.7. The molecule has 100 valence electrons. The Morgan fingerprint density at radius 2 is 1.55 bits per heavy atom. The Kier molecular flexibility index (Phi) is 3.27. The lowest BCUT2D eigenvalue weighted by Gasteiger charge is -2.22. The third-order valence-electron chi connectivity index (χ3n) is 4.24. The molecule has 2 aromatic carbocycles. The molecule has 1 saturated carbocycles. The Labute approximate surface area is 120 Å². The van der Waals surface area contributed by atoms with Crippen LogP contribution in [0.15, 0.2) is 66.2 Å². The van der Waals surface area contributed by atoms with E-state index in [4.69, 9.17) is 0 Å². The predicted octanol–water partition coefficient (Wildman–Crippen LogP) is 4.39. The molecule has 0 amide bonds. The number of benzene rings is 2. The van der Waals surface area contributed by atoms with E-state index in [1.807, 2.05) is 54.6 Å². The molecule has 0 N–H and O–H groups in total. The molecule has 0 saturated heterocycles. The fraction of sp³-hybridized carbons (Fsp3) is 0.211. The monoisotopic (exact) mass is 262 g/mol. The van der Waals surface area contributed by atoms with Gasteiger partial charge in [0.1, 0.15) is 0 Å². The minimum absolute atomic E-state index is 0.271. The summed E-state index contributed by atoms with van der Waals surface area (Å²) in [7, 11) is 0. The van der Waals surface area contributed by atoms with Crippen molar-refractivity contribution in [2.45, 2.75) is 25.2 Å². The van der Waals surface area contributed by atoms with E-state index in [0.29, 0.717) is 0 Å². The highest BCUT2D eigenvalue weighted by molar-refractivity contribution is 6.08. The van der Waals surface area contributed by atoms with E-state index in [1.54, 1.807) is 0 Å². The molecule has 0 radical (unpaired) electrons. The lowest BCUT2D eigenvalue weighted by molar-refractivity contribution is -0.118. The van der Waals surface area contributed by atoms with E-state index in [2.05, 4.69) is 19.1 Å². The number of carbonyl (C=O) groups is 1. The van der Waals surface area contributed by atoms with Gasteiger partial charge in [-0.1, -0.05) is 60.7 Å². The Morgan fingerprint density at radius 1 is 0.950 bits per heavy atom. The van der Waals surface area contributed by atoms with Crippen LogP contribution in [0.4, 0.5) is 0 Å². The van der Waals surface area contributed by atoms with Crippen molar-refractivity contribution < 1.29 is 4.79 Å². The van der Waals surface area contributed by atoms with Gasteiger partial charge in [-0.25, -0.2) is 0 Å². The summed E-state index contributed by atoms with van der Waals surface area (Å²) in [6.45, 7) is 2.07. The summed E-state index contributed by atoms with van der Waals surface area (Å²) < 4.78 is 0. The molecule has 3 rings (SSSR count). The molecule has 1 heteroatoms. The minimum Gasteiger partial charge on any atom is -0.294 e. The van der Waals surface area contributed by atoms with E-state index < -0.39 is 0 Å². The second kappa shape index (κ2) is 5.09. The van der Waals surface area contributed by atoms with Crippen molar-refractivity contribution in [2.75, 3.05) is 0 Å². The quantitative estimate of drug-likeness (QED) is 0.733. The molecule has 0 bridgehead atoms. The maximum Gasteiger partial charge on any atom is 0.169 e.